The van der Waals surface area contributed by atoms with Crippen molar-refractivity contribution in [3.05, 3.63) is 29.8 Å². The SMILES string of the molecule is COCCOc1cc2c(cc1CNC1CCc3ncnn3C1)OCO2. The fraction of sp³-hybridized carbons (Fsp3) is 0.529. The predicted molar refractivity (Wildman–Crippen MR) is 88.9 cm³/mol. The van der Waals surface area contributed by atoms with Crippen molar-refractivity contribution in [2.75, 3.05) is 27.1 Å². The molecule has 0 radical (unpaired) electrons. The Balaban J connectivity index is 1.44. The fourth-order valence-corrected chi connectivity index (χ4v) is 3.13. The minimum atomic E-state index is 0.251. The number of ether oxygens (including phenoxy) is 4. The normalized spacial score (nSPS) is 18.2. The summed E-state index contributed by atoms with van der Waals surface area (Å²) in [6.45, 7) is 2.81. The van der Waals surface area contributed by atoms with Gasteiger partial charge in [0.2, 0.25) is 6.79 Å². The van der Waals surface area contributed by atoms with Crippen LogP contribution in [-0.2, 0) is 24.2 Å². The van der Waals surface area contributed by atoms with Gasteiger partial charge in [-0.1, -0.05) is 0 Å². The van der Waals surface area contributed by atoms with Gasteiger partial charge in [-0.25, -0.2) is 9.67 Å². The summed E-state index contributed by atoms with van der Waals surface area (Å²) in [6.07, 6.45) is 3.61. The van der Waals surface area contributed by atoms with E-state index < -0.39 is 0 Å². The number of methoxy groups -OCH3 is 1. The third kappa shape index (κ3) is 3.54. The van der Waals surface area contributed by atoms with Crippen molar-refractivity contribution in [1.82, 2.24) is 20.1 Å². The van der Waals surface area contributed by atoms with Gasteiger partial charge in [0, 0.05) is 37.7 Å². The van der Waals surface area contributed by atoms with Crippen molar-refractivity contribution < 1.29 is 18.9 Å². The van der Waals surface area contributed by atoms with E-state index >= 15 is 0 Å². The van der Waals surface area contributed by atoms with Crippen LogP contribution in [0.15, 0.2) is 18.5 Å². The number of hydrogen-bond donors (Lipinski definition) is 1. The molecule has 1 unspecified atom stereocenters. The molecule has 2 aromatic rings. The highest BCUT2D eigenvalue weighted by molar-refractivity contribution is 5.51. The number of rotatable bonds is 7. The van der Waals surface area contributed by atoms with Gasteiger partial charge in [0.1, 0.15) is 24.5 Å². The molecule has 0 fully saturated rings. The third-order valence-corrected chi connectivity index (χ3v) is 4.49. The van der Waals surface area contributed by atoms with Gasteiger partial charge >= 0.3 is 0 Å². The molecule has 0 saturated carbocycles. The van der Waals surface area contributed by atoms with E-state index in [2.05, 4.69) is 15.4 Å². The van der Waals surface area contributed by atoms with Crippen LogP contribution in [0.25, 0.3) is 0 Å². The van der Waals surface area contributed by atoms with Crippen LogP contribution in [0.3, 0.4) is 0 Å². The minimum Gasteiger partial charge on any atom is -0.491 e. The minimum absolute atomic E-state index is 0.251. The van der Waals surface area contributed by atoms with Crippen LogP contribution in [0.2, 0.25) is 0 Å². The zero-order valence-corrected chi connectivity index (χ0v) is 14.2. The van der Waals surface area contributed by atoms with E-state index in [1.165, 1.54) is 0 Å². The third-order valence-electron chi connectivity index (χ3n) is 4.49. The first-order valence-corrected chi connectivity index (χ1v) is 8.48. The molecular weight excluding hydrogens is 324 g/mol. The summed E-state index contributed by atoms with van der Waals surface area (Å²) >= 11 is 0. The molecule has 2 aliphatic rings. The Labute approximate surface area is 146 Å². The molecule has 0 spiro atoms. The van der Waals surface area contributed by atoms with Crippen LogP contribution < -0.4 is 19.5 Å². The molecule has 4 rings (SSSR count). The van der Waals surface area contributed by atoms with Crippen molar-refractivity contribution in [2.24, 2.45) is 0 Å². The van der Waals surface area contributed by atoms with Crippen molar-refractivity contribution in [3.8, 4) is 17.2 Å². The second-order valence-corrected chi connectivity index (χ2v) is 6.13. The summed E-state index contributed by atoms with van der Waals surface area (Å²) in [5, 5.41) is 7.86. The van der Waals surface area contributed by atoms with Crippen LogP contribution in [0.4, 0.5) is 0 Å². The Morgan fingerprint density at radius 2 is 2.16 bits per heavy atom. The van der Waals surface area contributed by atoms with Gasteiger partial charge in [0.25, 0.3) is 0 Å². The van der Waals surface area contributed by atoms with Crippen molar-refractivity contribution in [1.29, 1.82) is 0 Å². The summed E-state index contributed by atoms with van der Waals surface area (Å²) in [7, 11) is 1.66. The van der Waals surface area contributed by atoms with Crippen molar-refractivity contribution in [2.45, 2.75) is 32.0 Å². The molecule has 0 amide bonds. The van der Waals surface area contributed by atoms with Crippen LogP contribution in [-0.4, -0.2) is 47.9 Å². The molecule has 1 N–H and O–H groups in total. The van der Waals surface area contributed by atoms with Gasteiger partial charge < -0.3 is 24.3 Å². The van der Waals surface area contributed by atoms with Gasteiger partial charge in [-0.3, -0.25) is 0 Å². The van der Waals surface area contributed by atoms with Gasteiger partial charge in [0.15, 0.2) is 11.5 Å². The average molecular weight is 346 g/mol. The van der Waals surface area contributed by atoms with Crippen molar-refractivity contribution in [3.63, 3.8) is 0 Å². The topological polar surface area (TPSA) is 79.7 Å². The summed E-state index contributed by atoms with van der Waals surface area (Å²) in [4.78, 5) is 4.27. The maximum atomic E-state index is 5.86. The zero-order chi connectivity index (χ0) is 17.1. The zero-order valence-electron chi connectivity index (χ0n) is 14.2. The lowest BCUT2D eigenvalue weighted by atomic mass is 10.1. The van der Waals surface area contributed by atoms with Gasteiger partial charge in [-0.2, -0.15) is 5.10 Å². The molecule has 2 aliphatic heterocycles. The molecule has 134 valence electrons. The van der Waals surface area contributed by atoms with Gasteiger partial charge in [-0.05, 0) is 12.5 Å². The number of hydrogen-bond acceptors (Lipinski definition) is 7. The van der Waals surface area contributed by atoms with E-state index in [9.17, 15) is 0 Å². The second-order valence-electron chi connectivity index (χ2n) is 6.13. The van der Waals surface area contributed by atoms with Gasteiger partial charge in [0.05, 0.1) is 13.2 Å². The van der Waals surface area contributed by atoms with E-state index in [1.54, 1.807) is 13.4 Å². The first-order valence-electron chi connectivity index (χ1n) is 8.48. The lowest BCUT2D eigenvalue weighted by Crippen LogP contribution is -2.37. The van der Waals surface area contributed by atoms with E-state index in [0.29, 0.717) is 25.8 Å². The molecule has 1 aromatic carbocycles. The highest BCUT2D eigenvalue weighted by atomic mass is 16.7. The van der Waals surface area contributed by atoms with Crippen LogP contribution in [0.1, 0.15) is 17.8 Å². The van der Waals surface area contributed by atoms with Crippen LogP contribution >= 0.6 is 0 Å². The number of benzene rings is 1. The number of aryl methyl sites for hydroxylation is 1. The fourth-order valence-electron chi connectivity index (χ4n) is 3.13. The molecule has 1 atom stereocenters. The van der Waals surface area contributed by atoms with E-state index in [1.807, 2.05) is 16.8 Å². The monoisotopic (exact) mass is 346 g/mol. The first kappa shape index (κ1) is 16.2. The molecule has 0 aliphatic carbocycles. The molecule has 0 bridgehead atoms. The maximum absolute atomic E-state index is 5.86. The second kappa shape index (κ2) is 7.28. The lowest BCUT2D eigenvalue weighted by molar-refractivity contribution is 0.145. The lowest BCUT2D eigenvalue weighted by Gasteiger charge is -2.24. The summed E-state index contributed by atoms with van der Waals surface area (Å²) < 4.78 is 23.8. The summed E-state index contributed by atoms with van der Waals surface area (Å²) in [5.41, 5.74) is 1.05. The van der Waals surface area contributed by atoms with Crippen LogP contribution in [0, 0.1) is 0 Å². The highest BCUT2D eigenvalue weighted by Crippen LogP contribution is 2.38. The standard InChI is InChI=1S/C17H22N4O4/c1-22-4-5-23-14-7-16-15(24-11-25-16)6-12(14)8-18-13-2-3-17-19-10-20-21(17)9-13/h6-7,10,13,18H,2-5,8-9,11H2,1H3. The number of aromatic nitrogens is 3. The average Bonchev–Trinajstić information content (AvgIpc) is 3.27. The van der Waals surface area contributed by atoms with Crippen LogP contribution in [0.5, 0.6) is 17.2 Å². The number of nitrogens with one attached hydrogen (secondary N) is 1. The molecular formula is C17H22N4O4. The first-order chi connectivity index (χ1) is 12.3. The highest BCUT2D eigenvalue weighted by Gasteiger charge is 2.22. The van der Waals surface area contributed by atoms with E-state index in [0.717, 1.165) is 48.0 Å². The predicted octanol–water partition coefficient (Wildman–Crippen LogP) is 1.14. The van der Waals surface area contributed by atoms with Gasteiger partial charge in [-0.15, -0.1) is 0 Å². The number of nitrogens with zero attached hydrogens (tertiary/aromatic N) is 3. The molecule has 0 saturated heterocycles. The summed E-state index contributed by atoms with van der Waals surface area (Å²) in [6, 6.07) is 4.23. The summed E-state index contributed by atoms with van der Waals surface area (Å²) in [5.74, 6) is 3.34. The molecule has 8 heteroatoms. The Hall–Kier alpha value is -2.32. The number of fused-ring (bicyclic) bond motifs is 2. The Kier molecular flexibility index (Phi) is 4.71. The Bertz CT molecular complexity index is 733. The van der Waals surface area contributed by atoms with E-state index in [4.69, 9.17) is 18.9 Å². The smallest absolute Gasteiger partial charge is 0.231 e. The van der Waals surface area contributed by atoms with Crippen molar-refractivity contribution >= 4 is 0 Å². The van der Waals surface area contributed by atoms with E-state index in [-0.39, 0.29) is 6.79 Å². The maximum Gasteiger partial charge on any atom is 0.231 e. The Morgan fingerprint density at radius 3 is 3.04 bits per heavy atom. The molecule has 25 heavy (non-hydrogen) atoms. The molecule has 3 heterocycles. The molecule has 8 nitrogen and oxygen atoms in total. The Morgan fingerprint density at radius 1 is 1.28 bits per heavy atom. The molecule has 1 aromatic heterocycles. The largest absolute Gasteiger partial charge is 0.491 e. The quantitative estimate of drug-likeness (QED) is 0.753.